The summed E-state index contributed by atoms with van der Waals surface area (Å²) in [6.45, 7) is 2.46. The Balaban J connectivity index is 1.92. The fraction of sp³-hybridized carbons (Fsp3) is 0.467. The Morgan fingerprint density at radius 1 is 1.52 bits per heavy atom. The molecule has 2 N–H and O–H groups in total. The Morgan fingerprint density at radius 3 is 3.13 bits per heavy atom. The number of primary amides is 1. The average Bonchev–Trinajstić information content (AvgIpc) is 3.02. The van der Waals surface area contributed by atoms with Crippen LogP contribution < -0.4 is 11.4 Å². The molecule has 0 aromatic carbocycles. The number of fused-ring (bicyclic) bond motifs is 5. The summed E-state index contributed by atoms with van der Waals surface area (Å²) in [6, 6.07) is 0. The highest BCUT2D eigenvalue weighted by atomic mass is 32.1. The second-order valence-electron chi connectivity index (χ2n) is 6.19. The van der Waals surface area contributed by atoms with Gasteiger partial charge in [0, 0.05) is 11.3 Å². The summed E-state index contributed by atoms with van der Waals surface area (Å²) < 4.78 is 2.77. The standard InChI is InChI=1S/C15H17N5O2S/c1-8-2-3-9-10(6-8)23-14-12(9)13-18-20(5-4-11(16)21)15(22)19(13)7-17-14/h7-8H,2-6H2,1H3,(H2,16,21)/t8-/m1/s1. The molecular weight excluding hydrogens is 314 g/mol. The molecule has 1 aliphatic carbocycles. The molecular formula is C15H17N5O2S. The van der Waals surface area contributed by atoms with Crippen LogP contribution in [-0.2, 0) is 24.2 Å². The third kappa shape index (κ3) is 2.24. The minimum absolute atomic E-state index is 0.0968. The minimum Gasteiger partial charge on any atom is -0.370 e. The molecule has 3 heterocycles. The summed E-state index contributed by atoms with van der Waals surface area (Å²) in [4.78, 5) is 30.1. The molecule has 3 aromatic heterocycles. The SMILES string of the molecule is C[C@@H]1CCc2c(sc3ncn4c(=O)n(CCC(N)=O)nc4c23)C1. The second-order valence-corrected chi connectivity index (χ2v) is 7.28. The van der Waals surface area contributed by atoms with Crippen LogP contribution >= 0.6 is 11.3 Å². The zero-order valence-electron chi connectivity index (χ0n) is 12.8. The first kappa shape index (κ1) is 14.4. The van der Waals surface area contributed by atoms with E-state index in [1.165, 1.54) is 25.9 Å². The van der Waals surface area contributed by atoms with E-state index in [9.17, 15) is 9.59 Å². The molecule has 0 saturated carbocycles. The van der Waals surface area contributed by atoms with E-state index >= 15 is 0 Å². The van der Waals surface area contributed by atoms with E-state index in [0.717, 1.165) is 29.5 Å². The highest BCUT2D eigenvalue weighted by Gasteiger charge is 2.24. The lowest BCUT2D eigenvalue weighted by Gasteiger charge is -2.17. The smallest absolute Gasteiger partial charge is 0.351 e. The van der Waals surface area contributed by atoms with Crippen molar-refractivity contribution in [2.24, 2.45) is 11.7 Å². The number of thiophene rings is 1. The van der Waals surface area contributed by atoms with E-state index in [1.807, 2.05) is 0 Å². The zero-order valence-corrected chi connectivity index (χ0v) is 13.6. The van der Waals surface area contributed by atoms with Crippen LogP contribution in [0.1, 0.15) is 30.2 Å². The Kier molecular flexibility index (Phi) is 3.22. The van der Waals surface area contributed by atoms with Crippen molar-refractivity contribution < 1.29 is 4.79 Å². The van der Waals surface area contributed by atoms with Crippen molar-refractivity contribution >= 4 is 33.1 Å². The molecule has 0 unspecified atom stereocenters. The van der Waals surface area contributed by atoms with Crippen LogP contribution in [-0.4, -0.2) is 25.1 Å². The van der Waals surface area contributed by atoms with Gasteiger partial charge in [0.1, 0.15) is 11.2 Å². The number of hydrogen-bond donors (Lipinski definition) is 1. The summed E-state index contributed by atoms with van der Waals surface area (Å²) in [5.41, 5.74) is 6.81. The number of aromatic nitrogens is 4. The number of aryl methyl sites for hydroxylation is 2. The fourth-order valence-electron chi connectivity index (χ4n) is 3.22. The zero-order chi connectivity index (χ0) is 16.1. The molecule has 1 aliphatic rings. The quantitative estimate of drug-likeness (QED) is 0.777. The maximum Gasteiger partial charge on any atom is 0.351 e. The van der Waals surface area contributed by atoms with Crippen LogP contribution in [0.2, 0.25) is 0 Å². The summed E-state index contributed by atoms with van der Waals surface area (Å²) in [5.74, 6) is 0.237. The third-order valence-corrected chi connectivity index (χ3v) is 5.61. The van der Waals surface area contributed by atoms with Gasteiger partial charge in [0.15, 0.2) is 5.65 Å². The molecule has 0 spiro atoms. The first-order chi connectivity index (χ1) is 11.0. The van der Waals surface area contributed by atoms with Crippen molar-refractivity contribution in [3.63, 3.8) is 0 Å². The van der Waals surface area contributed by atoms with Gasteiger partial charge in [-0.1, -0.05) is 6.92 Å². The van der Waals surface area contributed by atoms with Crippen LogP contribution in [0.3, 0.4) is 0 Å². The first-order valence-electron chi connectivity index (χ1n) is 7.71. The number of hydrogen-bond acceptors (Lipinski definition) is 5. The molecule has 0 bridgehead atoms. The van der Waals surface area contributed by atoms with Crippen LogP contribution in [0.5, 0.6) is 0 Å². The first-order valence-corrected chi connectivity index (χ1v) is 8.53. The van der Waals surface area contributed by atoms with Crippen LogP contribution in [0.4, 0.5) is 0 Å². The van der Waals surface area contributed by atoms with E-state index in [2.05, 4.69) is 17.0 Å². The lowest BCUT2D eigenvalue weighted by Crippen LogP contribution is -2.24. The summed E-state index contributed by atoms with van der Waals surface area (Å²) in [6.07, 6.45) is 4.83. The number of carbonyl (C=O) groups excluding carboxylic acids is 1. The van der Waals surface area contributed by atoms with Crippen LogP contribution in [0.25, 0.3) is 15.9 Å². The van der Waals surface area contributed by atoms with Gasteiger partial charge in [-0.2, -0.15) is 0 Å². The Labute approximate surface area is 135 Å². The van der Waals surface area contributed by atoms with Gasteiger partial charge in [0.05, 0.1) is 11.9 Å². The van der Waals surface area contributed by atoms with Crippen LogP contribution in [0, 0.1) is 5.92 Å². The van der Waals surface area contributed by atoms with Gasteiger partial charge in [-0.3, -0.25) is 4.79 Å². The van der Waals surface area contributed by atoms with E-state index in [-0.39, 0.29) is 18.7 Å². The van der Waals surface area contributed by atoms with Gasteiger partial charge in [0.25, 0.3) is 0 Å². The predicted molar refractivity (Wildman–Crippen MR) is 87.6 cm³/mol. The molecule has 1 amide bonds. The Bertz CT molecular complexity index is 983. The summed E-state index contributed by atoms with van der Waals surface area (Å²) in [5, 5.41) is 5.43. The largest absolute Gasteiger partial charge is 0.370 e. The number of rotatable bonds is 3. The van der Waals surface area contributed by atoms with Gasteiger partial charge < -0.3 is 5.73 Å². The van der Waals surface area contributed by atoms with E-state index in [0.29, 0.717) is 11.6 Å². The van der Waals surface area contributed by atoms with Crippen molar-refractivity contribution in [3.05, 3.63) is 27.3 Å². The van der Waals surface area contributed by atoms with Crippen molar-refractivity contribution in [2.75, 3.05) is 0 Å². The Morgan fingerprint density at radius 2 is 2.35 bits per heavy atom. The molecule has 7 nitrogen and oxygen atoms in total. The predicted octanol–water partition coefficient (Wildman–Crippen LogP) is 1.11. The summed E-state index contributed by atoms with van der Waals surface area (Å²) >= 11 is 1.70. The van der Waals surface area contributed by atoms with Crippen molar-refractivity contribution in [3.8, 4) is 0 Å². The molecule has 0 saturated heterocycles. The highest BCUT2D eigenvalue weighted by molar-refractivity contribution is 7.19. The lowest BCUT2D eigenvalue weighted by atomic mass is 9.89. The maximum atomic E-state index is 12.4. The van der Waals surface area contributed by atoms with Gasteiger partial charge in [-0.05, 0) is 30.7 Å². The van der Waals surface area contributed by atoms with Crippen molar-refractivity contribution in [1.29, 1.82) is 0 Å². The molecule has 3 aromatic rings. The third-order valence-electron chi connectivity index (χ3n) is 4.45. The summed E-state index contributed by atoms with van der Waals surface area (Å²) in [7, 11) is 0. The van der Waals surface area contributed by atoms with Gasteiger partial charge in [-0.15, -0.1) is 16.4 Å². The second kappa shape index (κ2) is 5.16. The number of nitrogens with zero attached hydrogens (tertiary/aromatic N) is 4. The number of nitrogens with two attached hydrogens (primary N) is 1. The topological polar surface area (TPSA) is 95.3 Å². The fourth-order valence-corrected chi connectivity index (χ4v) is 4.57. The molecule has 23 heavy (non-hydrogen) atoms. The molecule has 0 aliphatic heterocycles. The minimum atomic E-state index is -0.445. The molecule has 0 radical (unpaired) electrons. The molecule has 1 atom stereocenters. The number of carbonyl (C=O) groups is 1. The van der Waals surface area contributed by atoms with Crippen molar-refractivity contribution in [1.82, 2.24) is 19.2 Å². The Hall–Kier alpha value is -2.22. The normalized spacial score (nSPS) is 17.7. The average molecular weight is 331 g/mol. The van der Waals surface area contributed by atoms with E-state index < -0.39 is 5.91 Å². The molecule has 120 valence electrons. The van der Waals surface area contributed by atoms with Gasteiger partial charge >= 0.3 is 5.69 Å². The molecule has 4 rings (SSSR count). The lowest BCUT2D eigenvalue weighted by molar-refractivity contribution is -0.118. The van der Waals surface area contributed by atoms with Gasteiger partial charge in [-0.25, -0.2) is 18.9 Å². The maximum absolute atomic E-state index is 12.4. The molecule has 8 heteroatoms. The van der Waals surface area contributed by atoms with E-state index in [4.69, 9.17) is 5.73 Å². The monoisotopic (exact) mass is 331 g/mol. The van der Waals surface area contributed by atoms with Gasteiger partial charge in [0.2, 0.25) is 5.91 Å². The van der Waals surface area contributed by atoms with Crippen LogP contribution in [0.15, 0.2) is 11.1 Å². The van der Waals surface area contributed by atoms with Crippen molar-refractivity contribution in [2.45, 2.75) is 39.2 Å². The van der Waals surface area contributed by atoms with E-state index in [1.54, 1.807) is 11.3 Å². The highest BCUT2D eigenvalue weighted by Crippen LogP contribution is 2.38. The number of amides is 1. The molecule has 0 fully saturated rings.